The van der Waals surface area contributed by atoms with Crippen molar-refractivity contribution in [1.82, 2.24) is 4.90 Å². The van der Waals surface area contributed by atoms with Crippen molar-refractivity contribution in [2.24, 2.45) is 0 Å². The number of rotatable bonds is 31. The molecule has 0 saturated carbocycles. The summed E-state index contributed by atoms with van der Waals surface area (Å²) in [5, 5.41) is 11.2. The first-order valence-corrected chi connectivity index (χ1v) is 21.4. The Morgan fingerprint density at radius 2 is 1.00 bits per heavy atom. The minimum Gasteiger partial charge on any atom is -0.388 e. The van der Waals surface area contributed by atoms with Crippen LogP contribution in [0, 0.1) is 0 Å². The Labute approximate surface area is 310 Å². The molecule has 0 aromatic carbocycles. The molecule has 2 aliphatic heterocycles. The Hall–Kier alpha value is -1.24. The van der Waals surface area contributed by atoms with E-state index in [9.17, 15) is 5.11 Å². The number of hydrogen-bond donors (Lipinski definition) is 1. The summed E-state index contributed by atoms with van der Waals surface area (Å²) in [4.78, 5) is 2.22. The molecule has 0 radical (unpaired) electrons. The Kier molecular flexibility index (Phi) is 27.2. The third kappa shape index (κ3) is 20.7. The van der Waals surface area contributed by atoms with Gasteiger partial charge >= 0.3 is 0 Å². The first-order chi connectivity index (χ1) is 24.5. The molecule has 50 heavy (non-hydrogen) atoms. The molecule has 0 aromatic rings. The van der Waals surface area contributed by atoms with E-state index in [1.54, 1.807) is 7.11 Å². The third-order valence-corrected chi connectivity index (χ3v) is 10.6. The van der Waals surface area contributed by atoms with E-state index in [2.05, 4.69) is 74.4 Å². The van der Waals surface area contributed by atoms with Gasteiger partial charge in [-0.1, -0.05) is 140 Å². The van der Waals surface area contributed by atoms with E-state index < -0.39 is 11.9 Å². The highest BCUT2D eigenvalue weighted by Crippen LogP contribution is 2.40. The van der Waals surface area contributed by atoms with Crippen molar-refractivity contribution in [3.8, 4) is 0 Å². The lowest BCUT2D eigenvalue weighted by molar-refractivity contribution is -0.202. The molecule has 5 nitrogen and oxygen atoms in total. The highest BCUT2D eigenvalue weighted by atomic mass is 16.8. The summed E-state index contributed by atoms with van der Waals surface area (Å²) >= 11 is 0. The third-order valence-electron chi connectivity index (χ3n) is 10.6. The van der Waals surface area contributed by atoms with Crippen LogP contribution in [0.5, 0.6) is 0 Å². The quantitative estimate of drug-likeness (QED) is 0.0576. The SMILES string of the molecule is CCCCC/C=C\C/C=C\CCCCCCCCC1(CCCCCCCC/C=C\C/C=C\CCCCC)O[C@@H]2[C@H](O)[C@@H](OC)CN(C)C[C@H]2O1. The van der Waals surface area contributed by atoms with E-state index in [4.69, 9.17) is 14.2 Å². The molecule has 2 aliphatic rings. The zero-order chi connectivity index (χ0) is 36.0. The molecule has 2 heterocycles. The summed E-state index contributed by atoms with van der Waals surface area (Å²) in [6, 6.07) is 0. The second-order valence-electron chi connectivity index (χ2n) is 15.3. The average Bonchev–Trinajstić information content (AvgIpc) is 3.42. The molecule has 290 valence electrons. The number of likely N-dealkylation sites (N-methyl/N-ethyl adjacent to an activating group) is 1. The van der Waals surface area contributed by atoms with Crippen molar-refractivity contribution in [3.05, 3.63) is 48.6 Å². The lowest BCUT2D eigenvalue weighted by Crippen LogP contribution is -2.44. The molecule has 0 amide bonds. The number of ether oxygens (including phenoxy) is 3. The topological polar surface area (TPSA) is 51.2 Å². The molecule has 0 spiro atoms. The Morgan fingerprint density at radius 1 is 0.580 bits per heavy atom. The first kappa shape index (κ1) is 44.9. The second-order valence-corrected chi connectivity index (χ2v) is 15.3. The summed E-state index contributed by atoms with van der Waals surface area (Å²) in [5.74, 6) is -0.572. The van der Waals surface area contributed by atoms with E-state index in [1.807, 2.05) is 0 Å². The van der Waals surface area contributed by atoms with Gasteiger partial charge in [0.1, 0.15) is 18.3 Å². The molecule has 0 unspecified atom stereocenters. The zero-order valence-electron chi connectivity index (χ0n) is 33.3. The van der Waals surface area contributed by atoms with E-state index in [0.717, 1.165) is 45.1 Å². The van der Waals surface area contributed by atoms with Crippen molar-refractivity contribution < 1.29 is 19.3 Å². The van der Waals surface area contributed by atoms with Gasteiger partial charge in [-0.15, -0.1) is 0 Å². The van der Waals surface area contributed by atoms with Gasteiger partial charge in [-0.2, -0.15) is 0 Å². The standard InChI is InChI=1S/C45H81NO4/c1-5-7-9-11-13-15-17-19-21-23-25-27-29-31-33-35-37-45(49-42-40-46(3)39-41(48-4)43(47)44(42)50-45)38-36-34-32-30-28-26-24-22-20-18-16-14-12-10-8-6-2/h13-16,19-22,41-44,47H,5-12,17-18,23-40H2,1-4H3/b15-13-,16-14-,21-19-,22-20-/t41-,42+,43+,44-/m0/s1. The van der Waals surface area contributed by atoms with Gasteiger partial charge in [-0.25, -0.2) is 0 Å². The maximum absolute atomic E-state index is 11.2. The van der Waals surface area contributed by atoms with Crippen molar-refractivity contribution in [1.29, 1.82) is 0 Å². The Bertz CT molecular complexity index is 850. The van der Waals surface area contributed by atoms with Crippen LogP contribution in [0.2, 0.25) is 0 Å². The summed E-state index contributed by atoms with van der Waals surface area (Å²) in [7, 11) is 3.79. The molecule has 0 aromatic heterocycles. The summed E-state index contributed by atoms with van der Waals surface area (Å²) in [6.45, 7) is 5.99. The molecular formula is C45H81NO4. The molecule has 2 fully saturated rings. The molecule has 0 bridgehead atoms. The van der Waals surface area contributed by atoms with Crippen LogP contribution >= 0.6 is 0 Å². The summed E-state index contributed by atoms with van der Waals surface area (Å²) in [5.41, 5.74) is 0. The van der Waals surface area contributed by atoms with Gasteiger partial charge < -0.3 is 24.2 Å². The van der Waals surface area contributed by atoms with Crippen molar-refractivity contribution in [2.75, 3.05) is 27.2 Å². The van der Waals surface area contributed by atoms with Crippen LogP contribution in [0.3, 0.4) is 0 Å². The summed E-state index contributed by atoms with van der Waals surface area (Å²) in [6.07, 6.45) is 49.2. The van der Waals surface area contributed by atoms with Crippen LogP contribution in [0.15, 0.2) is 48.6 Å². The lowest BCUT2D eigenvalue weighted by Gasteiger charge is -2.31. The van der Waals surface area contributed by atoms with Crippen LogP contribution in [0.25, 0.3) is 0 Å². The summed E-state index contributed by atoms with van der Waals surface area (Å²) < 4.78 is 19.3. The fourth-order valence-electron chi connectivity index (χ4n) is 7.47. The van der Waals surface area contributed by atoms with Gasteiger partial charge in [0.2, 0.25) is 0 Å². The van der Waals surface area contributed by atoms with Crippen LogP contribution in [0.4, 0.5) is 0 Å². The normalized spacial score (nSPS) is 22.9. The van der Waals surface area contributed by atoms with Crippen molar-refractivity contribution >= 4 is 0 Å². The van der Waals surface area contributed by atoms with Gasteiger partial charge in [0, 0.05) is 33.0 Å². The molecule has 2 saturated heterocycles. The average molecular weight is 700 g/mol. The minimum absolute atomic E-state index is 0.107. The van der Waals surface area contributed by atoms with E-state index in [-0.39, 0.29) is 18.3 Å². The molecule has 2 rings (SSSR count). The van der Waals surface area contributed by atoms with Crippen LogP contribution < -0.4 is 0 Å². The first-order valence-electron chi connectivity index (χ1n) is 21.4. The molecule has 4 atom stereocenters. The van der Waals surface area contributed by atoms with Crippen LogP contribution in [-0.2, 0) is 14.2 Å². The Balaban J connectivity index is 1.67. The zero-order valence-corrected chi connectivity index (χ0v) is 33.3. The van der Waals surface area contributed by atoms with E-state index in [1.165, 1.54) is 128 Å². The van der Waals surface area contributed by atoms with E-state index in [0.29, 0.717) is 6.54 Å². The van der Waals surface area contributed by atoms with Crippen molar-refractivity contribution in [3.63, 3.8) is 0 Å². The van der Waals surface area contributed by atoms with Crippen molar-refractivity contribution in [2.45, 2.75) is 211 Å². The predicted octanol–water partition coefficient (Wildman–Crippen LogP) is 12.2. The predicted molar refractivity (Wildman–Crippen MR) is 215 cm³/mol. The Morgan fingerprint density at radius 3 is 1.44 bits per heavy atom. The smallest absolute Gasteiger partial charge is 0.169 e. The van der Waals surface area contributed by atoms with Crippen LogP contribution in [-0.4, -0.2) is 67.5 Å². The number of aliphatic hydroxyl groups excluding tert-OH is 1. The maximum Gasteiger partial charge on any atom is 0.169 e. The number of nitrogens with zero attached hydrogens (tertiary/aromatic N) is 1. The molecular weight excluding hydrogens is 618 g/mol. The number of hydrogen-bond acceptors (Lipinski definition) is 5. The number of allylic oxidation sites excluding steroid dienone is 8. The largest absolute Gasteiger partial charge is 0.388 e. The van der Waals surface area contributed by atoms with E-state index >= 15 is 0 Å². The lowest BCUT2D eigenvalue weighted by atomic mass is 9.98. The molecule has 5 heteroatoms. The molecule has 0 aliphatic carbocycles. The van der Waals surface area contributed by atoms with Gasteiger partial charge in [-0.05, 0) is 84.1 Å². The number of likely N-dealkylation sites (tertiary alicyclic amines) is 1. The van der Waals surface area contributed by atoms with Crippen LogP contribution in [0.1, 0.15) is 181 Å². The molecule has 1 N–H and O–H groups in total. The number of fused-ring (bicyclic) bond motifs is 1. The van der Waals surface area contributed by atoms with Gasteiger partial charge in [0.15, 0.2) is 5.79 Å². The number of methoxy groups -OCH3 is 1. The van der Waals surface area contributed by atoms with Gasteiger partial charge in [-0.3, -0.25) is 0 Å². The minimum atomic E-state index is -0.663. The monoisotopic (exact) mass is 700 g/mol. The van der Waals surface area contributed by atoms with Gasteiger partial charge in [0.05, 0.1) is 6.10 Å². The second kappa shape index (κ2) is 30.2. The number of aliphatic hydroxyl groups is 1. The number of unbranched alkanes of at least 4 members (excludes halogenated alkanes) is 18. The maximum atomic E-state index is 11.2. The highest BCUT2D eigenvalue weighted by Gasteiger charge is 2.52. The fraction of sp³-hybridized carbons (Fsp3) is 0.822. The van der Waals surface area contributed by atoms with Gasteiger partial charge in [0.25, 0.3) is 0 Å². The fourth-order valence-corrected chi connectivity index (χ4v) is 7.47. The highest BCUT2D eigenvalue weighted by molar-refractivity contribution is 4.97.